The Kier molecular flexibility index (Phi) is 3.59. The van der Waals surface area contributed by atoms with E-state index in [0.717, 1.165) is 30.0 Å². The van der Waals surface area contributed by atoms with E-state index >= 15 is 0 Å². The number of aliphatic hydroxyl groups excluding tert-OH is 2. The fraction of sp³-hybridized carbons (Fsp3) is 0.643. The van der Waals surface area contributed by atoms with Crippen molar-refractivity contribution in [3.05, 3.63) is 23.4 Å². The van der Waals surface area contributed by atoms with E-state index in [4.69, 9.17) is 0 Å². The molecule has 0 spiro atoms. The largest absolute Gasteiger partial charge is 0.392 e. The van der Waals surface area contributed by atoms with Crippen LogP contribution in [0.25, 0.3) is 0 Å². The van der Waals surface area contributed by atoms with Gasteiger partial charge in [-0.3, -0.25) is 0 Å². The lowest BCUT2D eigenvalue weighted by Crippen LogP contribution is -2.24. The van der Waals surface area contributed by atoms with Crippen molar-refractivity contribution in [3.8, 4) is 0 Å². The van der Waals surface area contributed by atoms with E-state index in [-0.39, 0.29) is 18.1 Å². The summed E-state index contributed by atoms with van der Waals surface area (Å²) in [6.45, 7) is 7.81. The summed E-state index contributed by atoms with van der Waals surface area (Å²) in [5, 5.41) is 18.9. The molecule has 1 aromatic rings. The van der Waals surface area contributed by atoms with Crippen molar-refractivity contribution in [2.45, 2.75) is 45.3 Å². The maximum absolute atomic E-state index is 9.60. The van der Waals surface area contributed by atoms with Crippen molar-refractivity contribution in [1.29, 1.82) is 0 Å². The Labute approximate surface area is 108 Å². The number of rotatable bonds is 2. The number of hydrogen-bond donors (Lipinski definition) is 2. The molecule has 1 fully saturated rings. The van der Waals surface area contributed by atoms with Crippen molar-refractivity contribution < 1.29 is 10.2 Å². The molecule has 0 amide bonds. The molecule has 4 nitrogen and oxygen atoms in total. The third-order valence-corrected chi connectivity index (χ3v) is 3.31. The first-order chi connectivity index (χ1) is 8.40. The molecule has 18 heavy (non-hydrogen) atoms. The Morgan fingerprint density at radius 2 is 2.11 bits per heavy atom. The minimum Gasteiger partial charge on any atom is -0.392 e. The summed E-state index contributed by atoms with van der Waals surface area (Å²) in [6, 6.07) is 3.86. The van der Waals surface area contributed by atoms with Crippen LogP contribution < -0.4 is 4.90 Å². The Hall–Kier alpha value is -1.13. The van der Waals surface area contributed by atoms with E-state index in [2.05, 4.69) is 30.7 Å². The number of anilines is 1. The maximum atomic E-state index is 9.60. The van der Waals surface area contributed by atoms with Gasteiger partial charge >= 0.3 is 0 Å². The van der Waals surface area contributed by atoms with Crippen molar-refractivity contribution >= 4 is 5.82 Å². The van der Waals surface area contributed by atoms with Crippen LogP contribution in [0.5, 0.6) is 0 Å². The second kappa shape index (κ2) is 4.86. The molecule has 1 aliphatic rings. The normalized spacial score (nSPS) is 20.5. The quantitative estimate of drug-likeness (QED) is 0.834. The van der Waals surface area contributed by atoms with Gasteiger partial charge in [0.15, 0.2) is 0 Å². The van der Waals surface area contributed by atoms with Crippen LogP contribution in [0, 0.1) is 0 Å². The summed E-state index contributed by atoms with van der Waals surface area (Å²) >= 11 is 0. The Balaban J connectivity index is 2.35. The third-order valence-electron chi connectivity index (χ3n) is 3.31. The highest BCUT2D eigenvalue weighted by Gasteiger charge is 2.24. The average molecular weight is 250 g/mol. The van der Waals surface area contributed by atoms with Crippen molar-refractivity contribution in [3.63, 3.8) is 0 Å². The zero-order valence-electron chi connectivity index (χ0n) is 11.3. The maximum Gasteiger partial charge on any atom is 0.129 e. The molecule has 2 rings (SSSR count). The molecule has 0 radical (unpaired) electrons. The molecule has 1 unspecified atom stereocenters. The first kappa shape index (κ1) is 13.3. The molecule has 1 aromatic heterocycles. The van der Waals surface area contributed by atoms with Gasteiger partial charge in [-0.05, 0) is 24.1 Å². The Morgan fingerprint density at radius 1 is 1.39 bits per heavy atom. The second-order valence-electron chi connectivity index (χ2n) is 6.02. The minimum absolute atomic E-state index is 0.0228. The smallest absolute Gasteiger partial charge is 0.129 e. The van der Waals surface area contributed by atoms with E-state index in [9.17, 15) is 10.2 Å². The van der Waals surface area contributed by atoms with Crippen molar-refractivity contribution in [1.82, 2.24) is 4.98 Å². The van der Waals surface area contributed by atoms with Gasteiger partial charge in [-0.2, -0.15) is 0 Å². The summed E-state index contributed by atoms with van der Waals surface area (Å²) in [5.41, 5.74) is 1.81. The van der Waals surface area contributed by atoms with Crippen LogP contribution in [0.15, 0.2) is 12.1 Å². The minimum atomic E-state index is -0.261. The molecule has 2 heterocycles. The van der Waals surface area contributed by atoms with Crippen LogP contribution in [0.4, 0.5) is 5.82 Å². The molecule has 4 heteroatoms. The topological polar surface area (TPSA) is 56.6 Å². The van der Waals surface area contributed by atoms with Crippen molar-refractivity contribution in [2.24, 2.45) is 0 Å². The molecule has 0 saturated carbocycles. The third kappa shape index (κ3) is 2.82. The fourth-order valence-electron chi connectivity index (χ4n) is 2.16. The lowest BCUT2D eigenvalue weighted by molar-refractivity contribution is 0.198. The molecule has 2 N–H and O–H groups in total. The van der Waals surface area contributed by atoms with Gasteiger partial charge in [0.25, 0.3) is 0 Å². The number of nitrogens with zero attached hydrogens (tertiary/aromatic N) is 2. The van der Waals surface area contributed by atoms with Gasteiger partial charge in [-0.1, -0.05) is 20.8 Å². The SMILES string of the molecule is CC(C)(C)c1cc(CO)cc(N2CCC(O)C2)n1. The van der Waals surface area contributed by atoms with E-state index < -0.39 is 0 Å². The summed E-state index contributed by atoms with van der Waals surface area (Å²) in [7, 11) is 0. The Morgan fingerprint density at radius 3 is 2.61 bits per heavy atom. The monoisotopic (exact) mass is 250 g/mol. The second-order valence-corrected chi connectivity index (χ2v) is 6.02. The van der Waals surface area contributed by atoms with Gasteiger partial charge in [-0.25, -0.2) is 4.98 Å². The highest BCUT2D eigenvalue weighted by molar-refractivity contribution is 5.45. The predicted octanol–water partition coefficient (Wildman–Crippen LogP) is 1.44. The van der Waals surface area contributed by atoms with Gasteiger partial charge < -0.3 is 15.1 Å². The highest BCUT2D eigenvalue weighted by Crippen LogP contribution is 2.26. The number of hydrogen-bond acceptors (Lipinski definition) is 4. The van der Waals surface area contributed by atoms with Crippen LogP contribution >= 0.6 is 0 Å². The van der Waals surface area contributed by atoms with Crippen LogP contribution in [-0.2, 0) is 12.0 Å². The van der Waals surface area contributed by atoms with Gasteiger partial charge in [0, 0.05) is 24.2 Å². The van der Waals surface area contributed by atoms with E-state index in [0.29, 0.717) is 6.54 Å². The molecule has 0 aliphatic carbocycles. The Bertz CT molecular complexity index is 426. The van der Waals surface area contributed by atoms with E-state index in [1.807, 2.05) is 12.1 Å². The lowest BCUT2D eigenvalue weighted by Gasteiger charge is -2.23. The van der Waals surface area contributed by atoms with Crippen LogP contribution in [-0.4, -0.2) is 34.4 Å². The molecular formula is C14H22N2O2. The number of pyridine rings is 1. The molecule has 1 saturated heterocycles. The van der Waals surface area contributed by atoms with Crippen LogP contribution in [0.3, 0.4) is 0 Å². The first-order valence-electron chi connectivity index (χ1n) is 6.45. The zero-order chi connectivity index (χ0) is 13.3. The standard InChI is InChI=1S/C14H22N2O2/c1-14(2,3)12-6-10(9-17)7-13(15-12)16-5-4-11(18)8-16/h6-7,11,17-18H,4-5,8-9H2,1-3H3. The fourth-order valence-corrected chi connectivity index (χ4v) is 2.16. The number of β-amino-alcohol motifs (C(OH)–C–C–N with tert-alkyl or cyclic N) is 1. The van der Waals surface area contributed by atoms with E-state index in [1.165, 1.54) is 0 Å². The summed E-state index contributed by atoms with van der Waals surface area (Å²) in [6.07, 6.45) is 0.526. The first-order valence-corrected chi connectivity index (χ1v) is 6.45. The van der Waals surface area contributed by atoms with Gasteiger partial charge in [-0.15, -0.1) is 0 Å². The predicted molar refractivity (Wildman–Crippen MR) is 71.7 cm³/mol. The molecule has 1 atom stereocenters. The van der Waals surface area contributed by atoms with Gasteiger partial charge in [0.1, 0.15) is 5.82 Å². The summed E-state index contributed by atoms with van der Waals surface area (Å²) in [4.78, 5) is 6.76. The molecular weight excluding hydrogens is 228 g/mol. The van der Waals surface area contributed by atoms with Crippen LogP contribution in [0.1, 0.15) is 38.4 Å². The molecule has 100 valence electrons. The van der Waals surface area contributed by atoms with Gasteiger partial charge in [0.05, 0.1) is 12.7 Å². The van der Waals surface area contributed by atoms with Crippen LogP contribution in [0.2, 0.25) is 0 Å². The number of aromatic nitrogens is 1. The molecule has 1 aliphatic heterocycles. The highest BCUT2D eigenvalue weighted by atomic mass is 16.3. The molecule has 0 bridgehead atoms. The zero-order valence-corrected chi connectivity index (χ0v) is 11.3. The number of aliphatic hydroxyl groups is 2. The van der Waals surface area contributed by atoms with E-state index in [1.54, 1.807) is 0 Å². The van der Waals surface area contributed by atoms with Crippen molar-refractivity contribution in [2.75, 3.05) is 18.0 Å². The average Bonchev–Trinajstić information content (AvgIpc) is 2.74. The lowest BCUT2D eigenvalue weighted by atomic mass is 9.91. The summed E-state index contributed by atoms with van der Waals surface area (Å²) in [5.74, 6) is 0.864. The van der Waals surface area contributed by atoms with Gasteiger partial charge in [0.2, 0.25) is 0 Å². The summed E-state index contributed by atoms with van der Waals surface area (Å²) < 4.78 is 0. The molecule has 0 aromatic carbocycles.